The van der Waals surface area contributed by atoms with E-state index in [4.69, 9.17) is 4.74 Å². The number of benzene rings is 1. The lowest BCUT2D eigenvalue weighted by Gasteiger charge is -2.25. The number of aromatic nitrogens is 1. The van der Waals surface area contributed by atoms with Gasteiger partial charge in [-0.3, -0.25) is 4.79 Å². The lowest BCUT2D eigenvalue weighted by Crippen LogP contribution is -2.35. The van der Waals surface area contributed by atoms with Gasteiger partial charge in [0.25, 0.3) is 11.8 Å². The molecular formula is C23H27F5N2O5S. The van der Waals surface area contributed by atoms with Crippen molar-refractivity contribution < 1.29 is 44.4 Å². The van der Waals surface area contributed by atoms with Crippen LogP contribution in [0.1, 0.15) is 55.1 Å². The number of amides is 1. The van der Waals surface area contributed by atoms with Crippen LogP contribution in [0.15, 0.2) is 27.6 Å². The van der Waals surface area contributed by atoms with Crippen LogP contribution in [0, 0.1) is 12.8 Å². The van der Waals surface area contributed by atoms with Gasteiger partial charge in [0.1, 0.15) is 5.75 Å². The number of piperidine rings is 1. The van der Waals surface area contributed by atoms with Gasteiger partial charge < -0.3 is 14.2 Å². The Morgan fingerprint density at radius 2 is 1.92 bits per heavy atom. The summed E-state index contributed by atoms with van der Waals surface area (Å²) < 4.78 is 101. The predicted octanol–water partition coefficient (Wildman–Crippen LogP) is 4.88. The molecular weight excluding hydrogens is 511 g/mol. The SMILES string of the molecule is C.Cc1c(C23CC2CN(C(=O)c2cc(S(C)(=O)=O)ccc2OC(C)C(C)(F)F)C3)noc1C(F)(F)F. The highest BCUT2D eigenvalue weighted by atomic mass is 32.2. The Labute approximate surface area is 205 Å². The van der Waals surface area contributed by atoms with Crippen molar-refractivity contribution >= 4 is 15.7 Å². The van der Waals surface area contributed by atoms with Gasteiger partial charge in [-0.05, 0) is 44.4 Å². The van der Waals surface area contributed by atoms with Gasteiger partial charge in [0, 0.05) is 37.2 Å². The number of alkyl halides is 5. The molecule has 1 aliphatic carbocycles. The molecule has 2 heterocycles. The zero-order valence-electron chi connectivity index (χ0n) is 19.2. The standard InChI is InChI=1S/C22H23F5N2O5S.CH4/c1-11-17(28-34-18(11)22(25,26)27)21-8-13(21)9-29(10-21)19(30)15-7-14(35(4,31)32)5-6-16(15)33-12(2)20(3,23)24;/h5-7,12-13H,8-10H2,1-4H3;1H4. The van der Waals surface area contributed by atoms with E-state index in [1.807, 2.05) is 0 Å². The summed E-state index contributed by atoms with van der Waals surface area (Å²) in [7, 11) is -3.73. The molecule has 1 aromatic carbocycles. The van der Waals surface area contributed by atoms with E-state index in [0.717, 1.165) is 31.4 Å². The Kier molecular flexibility index (Phi) is 6.74. The third-order valence-electron chi connectivity index (χ3n) is 6.71. The van der Waals surface area contributed by atoms with Gasteiger partial charge in [0.15, 0.2) is 15.9 Å². The van der Waals surface area contributed by atoms with E-state index >= 15 is 0 Å². The van der Waals surface area contributed by atoms with Gasteiger partial charge in [-0.25, -0.2) is 17.2 Å². The van der Waals surface area contributed by atoms with Crippen LogP contribution in [0.2, 0.25) is 0 Å². The number of ether oxygens (including phenoxy) is 1. The van der Waals surface area contributed by atoms with Crippen LogP contribution in [0.25, 0.3) is 0 Å². The number of fused-ring (bicyclic) bond motifs is 1. The van der Waals surface area contributed by atoms with E-state index < -0.39 is 45.1 Å². The number of likely N-dealkylation sites (tertiary alicyclic amines) is 1. The highest BCUT2D eigenvalue weighted by molar-refractivity contribution is 7.90. The second kappa shape index (κ2) is 8.70. The third-order valence-corrected chi connectivity index (χ3v) is 7.82. The van der Waals surface area contributed by atoms with E-state index in [1.165, 1.54) is 11.8 Å². The molecule has 0 spiro atoms. The number of rotatable bonds is 6. The van der Waals surface area contributed by atoms with Gasteiger partial charge in [0.05, 0.1) is 16.2 Å². The van der Waals surface area contributed by atoms with Crippen molar-refractivity contribution in [3.63, 3.8) is 0 Å². The van der Waals surface area contributed by atoms with Crippen LogP contribution in [-0.4, -0.2) is 55.8 Å². The van der Waals surface area contributed by atoms with Gasteiger partial charge in [0.2, 0.25) is 5.76 Å². The van der Waals surface area contributed by atoms with Crippen molar-refractivity contribution in [3.05, 3.63) is 40.8 Å². The van der Waals surface area contributed by atoms with E-state index in [-0.39, 0.29) is 53.9 Å². The van der Waals surface area contributed by atoms with E-state index in [1.54, 1.807) is 0 Å². The number of hydrogen-bond donors (Lipinski definition) is 0. The number of hydrogen-bond acceptors (Lipinski definition) is 6. The van der Waals surface area contributed by atoms with E-state index in [9.17, 15) is 35.2 Å². The van der Waals surface area contributed by atoms with E-state index in [2.05, 4.69) is 9.68 Å². The second-order valence-corrected chi connectivity index (χ2v) is 11.4. The van der Waals surface area contributed by atoms with Crippen LogP contribution in [0.3, 0.4) is 0 Å². The minimum atomic E-state index is -4.71. The summed E-state index contributed by atoms with van der Waals surface area (Å²) in [6, 6.07) is 3.37. The van der Waals surface area contributed by atoms with Crippen molar-refractivity contribution in [2.24, 2.45) is 5.92 Å². The molecule has 1 aromatic heterocycles. The molecule has 200 valence electrons. The number of carbonyl (C=O) groups excluding carboxylic acids is 1. The minimum Gasteiger partial charge on any atom is -0.484 e. The van der Waals surface area contributed by atoms with Crippen molar-refractivity contribution in [2.75, 3.05) is 19.3 Å². The molecule has 36 heavy (non-hydrogen) atoms. The summed E-state index contributed by atoms with van der Waals surface area (Å²) in [5, 5.41) is 3.65. The summed E-state index contributed by atoms with van der Waals surface area (Å²) in [6.07, 6.45) is -4.88. The molecule has 0 N–H and O–H groups in total. The molecule has 1 aliphatic heterocycles. The Hall–Kier alpha value is -2.70. The summed E-state index contributed by atoms with van der Waals surface area (Å²) >= 11 is 0. The second-order valence-electron chi connectivity index (χ2n) is 9.37. The molecule has 2 fully saturated rings. The first-order valence-electron chi connectivity index (χ1n) is 10.7. The predicted molar refractivity (Wildman–Crippen MR) is 119 cm³/mol. The van der Waals surface area contributed by atoms with Gasteiger partial charge in [-0.2, -0.15) is 13.2 Å². The molecule has 7 nitrogen and oxygen atoms in total. The minimum absolute atomic E-state index is 0. The Balaban J connectivity index is 0.00000361. The summed E-state index contributed by atoms with van der Waals surface area (Å²) in [4.78, 5) is 14.5. The largest absolute Gasteiger partial charge is 0.484 e. The number of halogens is 5. The van der Waals surface area contributed by atoms with Gasteiger partial charge in [-0.15, -0.1) is 0 Å². The maximum Gasteiger partial charge on any atom is 0.452 e. The van der Waals surface area contributed by atoms with Crippen LogP contribution in [0.5, 0.6) is 5.75 Å². The van der Waals surface area contributed by atoms with Crippen molar-refractivity contribution in [1.82, 2.24) is 10.1 Å². The molecule has 2 aliphatic rings. The summed E-state index contributed by atoms with van der Waals surface area (Å²) in [6.45, 7) is 3.22. The smallest absolute Gasteiger partial charge is 0.452 e. The monoisotopic (exact) mass is 538 g/mol. The third kappa shape index (κ3) is 4.81. The van der Waals surface area contributed by atoms with Crippen LogP contribution < -0.4 is 4.74 Å². The molecule has 3 unspecified atom stereocenters. The van der Waals surface area contributed by atoms with Crippen molar-refractivity contribution in [3.8, 4) is 5.75 Å². The Morgan fingerprint density at radius 3 is 2.44 bits per heavy atom. The molecule has 3 atom stereocenters. The molecule has 2 aromatic rings. The first-order valence-corrected chi connectivity index (χ1v) is 12.6. The lowest BCUT2D eigenvalue weighted by atomic mass is 9.97. The highest BCUT2D eigenvalue weighted by Gasteiger charge is 2.64. The first-order chi connectivity index (χ1) is 15.9. The summed E-state index contributed by atoms with van der Waals surface area (Å²) in [5.41, 5.74) is -1.05. The molecule has 1 saturated heterocycles. The molecule has 1 saturated carbocycles. The summed E-state index contributed by atoms with van der Waals surface area (Å²) in [5.74, 6) is -5.50. The van der Waals surface area contributed by atoms with Crippen molar-refractivity contribution in [1.29, 1.82) is 0 Å². The number of nitrogens with zero attached hydrogens (tertiary/aromatic N) is 2. The maximum absolute atomic E-state index is 13.7. The first kappa shape index (κ1) is 27.9. The van der Waals surface area contributed by atoms with E-state index in [0.29, 0.717) is 13.3 Å². The van der Waals surface area contributed by atoms with Gasteiger partial charge >= 0.3 is 6.18 Å². The van der Waals surface area contributed by atoms with Crippen LogP contribution >= 0.6 is 0 Å². The lowest BCUT2D eigenvalue weighted by molar-refractivity contribution is -0.156. The average Bonchev–Trinajstić information content (AvgIpc) is 3.05. The zero-order chi connectivity index (χ0) is 26.1. The quantitative estimate of drug-likeness (QED) is 0.488. The molecule has 4 rings (SSSR count). The fourth-order valence-corrected chi connectivity index (χ4v) is 5.19. The maximum atomic E-state index is 13.7. The Morgan fingerprint density at radius 1 is 1.28 bits per heavy atom. The zero-order valence-corrected chi connectivity index (χ0v) is 20.1. The fourth-order valence-electron chi connectivity index (χ4n) is 4.54. The Bertz CT molecular complexity index is 1280. The number of carbonyl (C=O) groups is 1. The highest BCUT2D eigenvalue weighted by Crippen LogP contribution is 2.60. The van der Waals surface area contributed by atoms with Crippen LogP contribution in [0.4, 0.5) is 22.0 Å². The van der Waals surface area contributed by atoms with Crippen molar-refractivity contribution in [2.45, 2.75) is 63.1 Å². The topological polar surface area (TPSA) is 89.7 Å². The normalized spacial score (nSPS) is 22.6. The number of sulfone groups is 1. The average molecular weight is 539 g/mol. The molecule has 13 heteroatoms. The molecule has 1 amide bonds. The molecule has 0 bridgehead atoms. The van der Waals surface area contributed by atoms with Gasteiger partial charge in [-0.1, -0.05) is 12.6 Å². The molecule has 0 radical (unpaired) electrons. The van der Waals surface area contributed by atoms with Crippen LogP contribution in [-0.2, 0) is 21.4 Å². The fraction of sp³-hybridized carbons (Fsp3) is 0.565.